The molecule has 0 atom stereocenters. The van der Waals surface area contributed by atoms with E-state index in [0.29, 0.717) is 17.7 Å². The first kappa shape index (κ1) is 11.3. The van der Waals surface area contributed by atoms with Gasteiger partial charge in [-0.25, -0.2) is 4.98 Å². The number of nitrogens with one attached hydrogen (secondary N) is 1. The van der Waals surface area contributed by atoms with Gasteiger partial charge >= 0.3 is 6.01 Å². The lowest BCUT2D eigenvalue weighted by Gasteiger charge is -2.03. The van der Waals surface area contributed by atoms with Gasteiger partial charge in [-0.15, -0.1) is 5.10 Å². The van der Waals surface area contributed by atoms with Crippen LogP contribution in [0.1, 0.15) is 11.6 Å². The number of hydrogen-bond acceptors (Lipinski definition) is 8. The molecule has 0 unspecified atom stereocenters. The Morgan fingerprint density at radius 2 is 2.24 bits per heavy atom. The van der Waals surface area contributed by atoms with Crippen LogP contribution < -0.4 is 15.8 Å². The minimum absolute atomic E-state index is 0.187. The van der Waals surface area contributed by atoms with E-state index in [1.807, 2.05) is 6.92 Å². The molecule has 90 valence electrons. The van der Waals surface area contributed by atoms with Gasteiger partial charge < -0.3 is 14.9 Å². The molecule has 0 aromatic carbocycles. The quantitative estimate of drug-likeness (QED) is 0.783. The molecular weight excluding hydrogens is 224 g/mol. The van der Waals surface area contributed by atoms with E-state index in [1.54, 1.807) is 6.07 Å². The normalized spacial score (nSPS) is 10.3. The van der Waals surface area contributed by atoms with Crippen LogP contribution in [0.25, 0.3) is 0 Å². The van der Waals surface area contributed by atoms with Crippen LogP contribution in [0.15, 0.2) is 10.5 Å². The molecule has 0 radical (unpaired) electrons. The molecule has 0 fully saturated rings. The number of aromatic nitrogens is 4. The van der Waals surface area contributed by atoms with E-state index in [9.17, 15) is 0 Å². The number of hydrogen-bond donors (Lipinski definition) is 2. The minimum atomic E-state index is 0.187. The molecule has 0 bridgehead atoms. The average molecular weight is 236 g/mol. The Labute approximate surface area is 97.2 Å². The zero-order valence-electron chi connectivity index (χ0n) is 9.47. The van der Waals surface area contributed by atoms with Gasteiger partial charge in [0.05, 0.1) is 13.7 Å². The monoisotopic (exact) mass is 236 g/mol. The molecule has 17 heavy (non-hydrogen) atoms. The molecule has 2 heterocycles. The van der Waals surface area contributed by atoms with Crippen LogP contribution in [0.3, 0.4) is 0 Å². The first-order valence-corrected chi connectivity index (χ1v) is 4.90. The zero-order valence-corrected chi connectivity index (χ0v) is 9.47. The molecule has 8 heteroatoms. The van der Waals surface area contributed by atoms with Crippen molar-refractivity contribution in [1.29, 1.82) is 0 Å². The van der Waals surface area contributed by atoms with Crippen LogP contribution in [-0.2, 0) is 6.54 Å². The van der Waals surface area contributed by atoms with Gasteiger partial charge in [0.25, 0.3) is 0 Å². The van der Waals surface area contributed by atoms with Gasteiger partial charge in [0, 0.05) is 11.8 Å². The molecular formula is C9H12N6O2. The van der Waals surface area contributed by atoms with Crippen molar-refractivity contribution in [2.45, 2.75) is 13.5 Å². The Balaban J connectivity index is 2.20. The van der Waals surface area contributed by atoms with E-state index in [-0.39, 0.29) is 12.6 Å². The average Bonchev–Trinajstić information content (AvgIpc) is 2.76. The van der Waals surface area contributed by atoms with E-state index in [4.69, 9.17) is 14.9 Å². The van der Waals surface area contributed by atoms with E-state index < -0.39 is 0 Å². The van der Waals surface area contributed by atoms with Crippen molar-refractivity contribution in [3.8, 4) is 5.88 Å². The first-order valence-electron chi connectivity index (χ1n) is 4.90. The number of aryl methyl sites for hydroxylation is 1. The largest absolute Gasteiger partial charge is 0.481 e. The van der Waals surface area contributed by atoms with Gasteiger partial charge in [0.1, 0.15) is 0 Å². The topological polar surface area (TPSA) is 112 Å². The van der Waals surface area contributed by atoms with Crippen molar-refractivity contribution in [3.05, 3.63) is 17.7 Å². The molecule has 0 aliphatic rings. The Hall–Kier alpha value is -2.22. The molecule has 2 aromatic heterocycles. The van der Waals surface area contributed by atoms with Crippen molar-refractivity contribution < 1.29 is 9.15 Å². The van der Waals surface area contributed by atoms with Gasteiger partial charge in [0.2, 0.25) is 17.7 Å². The Bertz CT molecular complexity index is 512. The van der Waals surface area contributed by atoms with E-state index in [1.165, 1.54) is 7.11 Å². The minimum Gasteiger partial charge on any atom is -0.481 e. The SMILES string of the molecule is COc1cc(C)nc(Nc2nnc(CN)o2)n1. The predicted octanol–water partition coefficient (Wildman–Crippen LogP) is 0.379. The predicted molar refractivity (Wildman–Crippen MR) is 58.8 cm³/mol. The number of nitrogens with zero attached hydrogens (tertiary/aromatic N) is 4. The lowest BCUT2D eigenvalue weighted by Crippen LogP contribution is -2.00. The van der Waals surface area contributed by atoms with Crippen LogP contribution in [0.2, 0.25) is 0 Å². The maximum Gasteiger partial charge on any atom is 0.322 e. The number of rotatable bonds is 4. The second-order valence-electron chi connectivity index (χ2n) is 3.21. The molecule has 2 rings (SSSR count). The van der Waals surface area contributed by atoms with Gasteiger partial charge in [-0.2, -0.15) is 4.98 Å². The molecule has 3 N–H and O–H groups in total. The Morgan fingerprint density at radius 3 is 2.88 bits per heavy atom. The number of ether oxygens (including phenoxy) is 1. The lowest BCUT2D eigenvalue weighted by atomic mass is 10.4. The third kappa shape index (κ3) is 2.67. The smallest absolute Gasteiger partial charge is 0.322 e. The summed E-state index contributed by atoms with van der Waals surface area (Å²) in [5, 5.41) is 10.2. The summed E-state index contributed by atoms with van der Waals surface area (Å²) in [4.78, 5) is 8.23. The Morgan fingerprint density at radius 1 is 1.41 bits per heavy atom. The summed E-state index contributed by atoms with van der Waals surface area (Å²) < 4.78 is 10.2. The fraction of sp³-hybridized carbons (Fsp3) is 0.333. The van der Waals surface area contributed by atoms with Crippen LogP contribution in [-0.4, -0.2) is 27.3 Å². The third-order valence-electron chi connectivity index (χ3n) is 1.90. The summed E-state index contributed by atoms with van der Waals surface area (Å²) in [6.45, 7) is 2.02. The molecule has 0 aliphatic carbocycles. The second kappa shape index (κ2) is 4.74. The summed E-state index contributed by atoms with van der Waals surface area (Å²) in [6, 6.07) is 1.91. The summed E-state index contributed by atoms with van der Waals surface area (Å²) in [5.41, 5.74) is 6.11. The van der Waals surface area contributed by atoms with Crippen LogP contribution in [0, 0.1) is 6.92 Å². The van der Waals surface area contributed by atoms with Crippen molar-refractivity contribution in [2.75, 3.05) is 12.4 Å². The van der Waals surface area contributed by atoms with Crippen molar-refractivity contribution in [1.82, 2.24) is 20.2 Å². The Kier molecular flexibility index (Phi) is 3.15. The van der Waals surface area contributed by atoms with Gasteiger partial charge in [-0.1, -0.05) is 5.10 Å². The molecule has 0 spiro atoms. The van der Waals surface area contributed by atoms with E-state index >= 15 is 0 Å². The highest BCUT2D eigenvalue weighted by molar-refractivity contribution is 5.41. The highest BCUT2D eigenvalue weighted by Crippen LogP contribution is 2.15. The zero-order chi connectivity index (χ0) is 12.3. The first-order chi connectivity index (χ1) is 8.21. The van der Waals surface area contributed by atoms with Crippen LogP contribution >= 0.6 is 0 Å². The highest BCUT2D eigenvalue weighted by atomic mass is 16.5. The maximum absolute atomic E-state index is 5.35. The van der Waals surface area contributed by atoms with Gasteiger partial charge in [-0.3, -0.25) is 5.32 Å². The standard InChI is InChI=1S/C9H12N6O2/c1-5-3-6(16-2)12-8(11-5)13-9-15-14-7(4-10)17-9/h3H,4,10H2,1-2H3,(H,11,12,13,15). The fourth-order valence-electron chi connectivity index (χ4n) is 1.18. The van der Waals surface area contributed by atoms with Crippen LogP contribution in [0.4, 0.5) is 12.0 Å². The summed E-state index contributed by atoms with van der Waals surface area (Å²) >= 11 is 0. The number of anilines is 2. The molecule has 2 aromatic rings. The molecule has 0 aliphatic heterocycles. The summed E-state index contributed by atoms with van der Waals surface area (Å²) in [7, 11) is 1.53. The third-order valence-corrected chi connectivity index (χ3v) is 1.90. The molecule has 8 nitrogen and oxygen atoms in total. The summed E-state index contributed by atoms with van der Waals surface area (Å²) in [6.07, 6.45) is 0. The van der Waals surface area contributed by atoms with Crippen LogP contribution in [0.5, 0.6) is 5.88 Å². The van der Waals surface area contributed by atoms with Crippen molar-refractivity contribution in [3.63, 3.8) is 0 Å². The molecule has 0 amide bonds. The second-order valence-corrected chi connectivity index (χ2v) is 3.21. The molecule has 0 saturated carbocycles. The van der Waals surface area contributed by atoms with Crippen molar-refractivity contribution >= 4 is 12.0 Å². The molecule has 0 saturated heterocycles. The van der Waals surface area contributed by atoms with Gasteiger partial charge in [-0.05, 0) is 6.92 Å². The van der Waals surface area contributed by atoms with E-state index in [2.05, 4.69) is 25.5 Å². The van der Waals surface area contributed by atoms with E-state index in [0.717, 1.165) is 5.69 Å². The fourth-order valence-corrected chi connectivity index (χ4v) is 1.18. The van der Waals surface area contributed by atoms with Crippen molar-refractivity contribution in [2.24, 2.45) is 5.73 Å². The highest BCUT2D eigenvalue weighted by Gasteiger charge is 2.08. The summed E-state index contributed by atoms with van der Waals surface area (Å²) in [5.74, 6) is 1.12. The van der Waals surface area contributed by atoms with Gasteiger partial charge in [0.15, 0.2) is 0 Å². The number of methoxy groups -OCH3 is 1. The number of nitrogens with two attached hydrogens (primary N) is 1. The maximum atomic E-state index is 5.35. The lowest BCUT2D eigenvalue weighted by molar-refractivity contribution is 0.397.